The predicted octanol–water partition coefficient (Wildman–Crippen LogP) is 12.3. The van der Waals surface area contributed by atoms with Crippen molar-refractivity contribution in [3.05, 3.63) is 197 Å². The molecule has 0 saturated carbocycles. The molecule has 10 rings (SSSR count). The average molecular weight is 919 g/mol. The summed E-state index contributed by atoms with van der Waals surface area (Å²) in [5.74, 6) is 0.0662. The normalized spacial score (nSPS) is 16.3. The molecule has 0 radical (unpaired) electrons. The molecule has 0 spiro atoms. The Morgan fingerprint density at radius 3 is 2.11 bits per heavy atom. The number of hydrogen-bond donors (Lipinski definition) is 0. The van der Waals surface area contributed by atoms with Crippen LogP contribution in [0.25, 0.3) is 72.3 Å². The Labute approximate surface area is 359 Å². The van der Waals surface area contributed by atoms with Gasteiger partial charge < -0.3 is 0 Å². The zero-order valence-corrected chi connectivity index (χ0v) is 31.1. The van der Waals surface area contributed by atoms with Gasteiger partial charge in [-0.1, -0.05) is 12.1 Å². The van der Waals surface area contributed by atoms with Crippen LogP contribution in [-0.2, 0) is 19.4 Å². The molecule has 0 amide bonds. The number of para-hydroxylation sites is 4. The summed E-state index contributed by atoms with van der Waals surface area (Å²) in [6.45, 7) is -6.13. The molecule has 0 saturated heterocycles. The third kappa shape index (κ3) is 5.75. The quantitative estimate of drug-likeness (QED) is 0.149. The summed E-state index contributed by atoms with van der Waals surface area (Å²) >= 11 is 2.09. The van der Waals surface area contributed by atoms with E-state index in [0.717, 1.165) is 6.07 Å². The summed E-state index contributed by atoms with van der Waals surface area (Å²) in [7, 11) is 0. The van der Waals surface area contributed by atoms with Gasteiger partial charge in [-0.3, -0.25) is 0 Å². The Kier molecular flexibility index (Phi) is 5.08. The molecule has 272 valence electrons. The molecule has 0 N–H and O–H groups in total. The van der Waals surface area contributed by atoms with E-state index in [2.05, 4.69) is 36.5 Å². The van der Waals surface area contributed by atoms with Gasteiger partial charge in [0.2, 0.25) is 0 Å². The second-order valence-electron chi connectivity index (χ2n) is 12.5. The third-order valence-corrected chi connectivity index (χ3v) is 10.3. The van der Waals surface area contributed by atoms with Gasteiger partial charge in [0.05, 0.1) is 2.74 Å². The number of nitrogens with zero attached hydrogens (tertiary/aromatic N) is 4. The van der Waals surface area contributed by atoms with Crippen molar-refractivity contribution in [1.82, 2.24) is 18.7 Å². The number of rotatable bonds is 7. The maximum atomic E-state index is 9.10. The molecule has 6 heteroatoms. The van der Waals surface area contributed by atoms with Crippen LogP contribution in [0.3, 0.4) is 0 Å². The Morgan fingerprint density at radius 2 is 1.30 bits per heavy atom. The van der Waals surface area contributed by atoms with Crippen LogP contribution in [0, 0.1) is 29.6 Å². The predicted molar refractivity (Wildman–Crippen MR) is 223 cm³/mol. The van der Waals surface area contributed by atoms with Crippen LogP contribution in [0.1, 0.15) is 34.4 Å². The van der Waals surface area contributed by atoms with E-state index in [1.807, 2.05) is 28.8 Å². The number of hydrogen-bond acceptors (Lipinski definition) is 2. The molecule has 0 bridgehead atoms. The van der Waals surface area contributed by atoms with Gasteiger partial charge in [0, 0.05) is 14.4 Å². The number of aromatic nitrogens is 4. The monoisotopic (exact) mass is 918 g/mol. The van der Waals surface area contributed by atoms with Crippen molar-refractivity contribution >= 4 is 32.8 Å². The fraction of sp³-hybridized carbons (Fsp3) is 0.0400. The average Bonchev–Trinajstić information content (AvgIpc) is 3.82. The zero-order valence-electron chi connectivity index (χ0n) is 45.8. The van der Waals surface area contributed by atoms with Gasteiger partial charge in [0.15, 0.2) is 0 Å². The van der Waals surface area contributed by atoms with Crippen LogP contribution in [0.4, 0.5) is 0 Å². The molecular formula is C50H34N4OPt-2. The molecule has 0 fully saturated rings. The molecule has 0 unspecified atom stereocenters. The van der Waals surface area contributed by atoms with Gasteiger partial charge in [-0.25, -0.2) is 0 Å². The number of pyridine rings is 1. The van der Waals surface area contributed by atoms with E-state index in [1.54, 1.807) is 77.4 Å². The van der Waals surface area contributed by atoms with Crippen molar-refractivity contribution in [3.63, 3.8) is 0 Å². The summed E-state index contributed by atoms with van der Waals surface area (Å²) in [4.78, 5) is 4.23. The molecule has 10 aromatic rings. The molecule has 3 heterocycles. The van der Waals surface area contributed by atoms with Crippen molar-refractivity contribution in [1.29, 1.82) is 0 Å². The SMILES string of the molecule is [2H]c1cc([2H])c(-c2cccc(-c3c([2H])c([2H])c([2H])c([2H])c3[2H])c2-n2[c](=[Pt])n(-c3[c-]c(Oc4[c-]c5c(cc4)c4ccccc4n5-c4nc([2H])c(C([2H])([2H])[2H])c(C([2H])([2H])[2H])c4[2H])ccc3)c3ccccc32)c([2H])c1[2H]. The van der Waals surface area contributed by atoms with E-state index >= 15 is 0 Å². The maximum absolute atomic E-state index is 9.10. The minimum atomic E-state index is -3.08. The number of ether oxygens (including phenoxy) is 1. The standard InChI is InChI=1S/C50H34N4O.Pt/c1-34-29-49(51-32-35(34)2)54-45-24-10-9-21-43(45)44-28-27-40(31-48(44)54)55-39-20-13-19-38(30-39)52-33-53(47-26-12-11-25-46(47)52)50-41(36-15-5-3-6-16-36)22-14-23-42(50)37-17-7-4-8-18-37;/h3-29,32H,1-2H3;/q-2;/i1D3,2D3,3D,4D,5D,6D,7D,15D,16D,17D,18D,29D,32D;. The van der Waals surface area contributed by atoms with E-state index in [0.29, 0.717) is 36.8 Å². The Balaban J connectivity index is 1.16. The first-order valence-corrected chi connectivity index (χ1v) is 18.3. The van der Waals surface area contributed by atoms with E-state index < -0.39 is 79.3 Å². The fourth-order valence-electron chi connectivity index (χ4n) is 6.92. The van der Waals surface area contributed by atoms with Gasteiger partial charge in [0.1, 0.15) is 0 Å². The molecule has 0 atom stereocenters. The number of fused-ring (bicyclic) bond motifs is 4. The summed E-state index contributed by atoms with van der Waals surface area (Å²) in [5.41, 5.74) is 1.19. The van der Waals surface area contributed by atoms with Crippen molar-refractivity contribution in [2.45, 2.75) is 13.7 Å². The Hall–Kier alpha value is -6.55. The van der Waals surface area contributed by atoms with Crippen LogP contribution in [0.5, 0.6) is 11.5 Å². The molecule has 5 nitrogen and oxygen atoms in total. The van der Waals surface area contributed by atoms with Crippen molar-refractivity contribution < 1.29 is 47.4 Å². The minimum absolute atomic E-state index is 0.0139. The summed E-state index contributed by atoms with van der Waals surface area (Å²) < 4.78 is 157. The van der Waals surface area contributed by atoms with Crippen LogP contribution < -0.4 is 4.74 Å². The van der Waals surface area contributed by atoms with Gasteiger partial charge in [0.25, 0.3) is 0 Å². The zero-order chi connectivity index (χ0) is 52.3. The van der Waals surface area contributed by atoms with Crippen LogP contribution in [-0.4, -0.2) is 18.7 Å². The van der Waals surface area contributed by atoms with Crippen molar-refractivity contribution in [2.75, 3.05) is 0 Å². The molecule has 3 aromatic heterocycles. The first-order valence-electron chi connectivity index (χ1n) is 25.7. The third-order valence-electron chi connectivity index (χ3n) is 9.29. The number of benzene rings is 7. The van der Waals surface area contributed by atoms with Gasteiger partial charge in [-0.15, -0.1) is 0 Å². The molecule has 0 aliphatic rings. The molecule has 56 heavy (non-hydrogen) atoms. The molecule has 0 aliphatic heterocycles. The molecular weight excluding hydrogens is 868 g/mol. The van der Waals surface area contributed by atoms with Crippen LogP contribution in [0.2, 0.25) is 0 Å². The summed E-state index contributed by atoms with van der Waals surface area (Å²) in [6.07, 6.45) is -0.809. The van der Waals surface area contributed by atoms with E-state index in [-0.39, 0.29) is 62.9 Å². The Bertz CT molecular complexity index is 4020. The van der Waals surface area contributed by atoms with Crippen molar-refractivity contribution in [2.24, 2.45) is 0 Å². The van der Waals surface area contributed by atoms with Crippen molar-refractivity contribution in [3.8, 4) is 50.9 Å². The topological polar surface area (TPSA) is 36.9 Å². The first kappa shape index (κ1) is 20.4. The molecule has 7 aromatic carbocycles. The number of imidazole rings is 1. The van der Waals surface area contributed by atoms with Gasteiger partial charge in [-0.2, -0.15) is 0 Å². The first-order chi connectivity index (χ1) is 34.5. The van der Waals surface area contributed by atoms with E-state index in [9.17, 15) is 0 Å². The summed E-state index contributed by atoms with van der Waals surface area (Å²) in [5, 5.41) is 1.27. The fourth-order valence-corrected chi connectivity index (χ4v) is 8.00. The second kappa shape index (κ2) is 13.9. The molecule has 0 aliphatic carbocycles. The Morgan fingerprint density at radius 1 is 0.607 bits per heavy atom. The van der Waals surface area contributed by atoms with E-state index in [1.165, 1.54) is 4.57 Å². The van der Waals surface area contributed by atoms with Gasteiger partial charge in [-0.05, 0) is 24.8 Å². The second-order valence-corrected chi connectivity index (χ2v) is 13.5. The van der Waals surface area contributed by atoms with Gasteiger partial charge >= 0.3 is 306 Å². The van der Waals surface area contributed by atoms with Crippen LogP contribution in [0.15, 0.2) is 170 Å². The van der Waals surface area contributed by atoms with E-state index in [4.69, 9.17) is 28.0 Å². The van der Waals surface area contributed by atoms with Crippen LogP contribution >= 0.6 is 0 Å². The summed E-state index contributed by atoms with van der Waals surface area (Å²) in [6, 6.07) is 30.6.